The van der Waals surface area contributed by atoms with E-state index in [1.807, 2.05) is 44.3 Å². The van der Waals surface area contributed by atoms with Crippen molar-refractivity contribution in [3.63, 3.8) is 0 Å². The van der Waals surface area contributed by atoms with Gasteiger partial charge in [-0.05, 0) is 24.6 Å². The summed E-state index contributed by atoms with van der Waals surface area (Å²) in [5, 5.41) is 6.12. The molecule has 3 aromatic rings. The van der Waals surface area contributed by atoms with Gasteiger partial charge in [0.2, 0.25) is 0 Å². The van der Waals surface area contributed by atoms with E-state index in [-0.39, 0.29) is 6.04 Å². The number of halogens is 1. The molecule has 21 heavy (non-hydrogen) atoms. The van der Waals surface area contributed by atoms with E-state index in [2.05, 4.69) is 10.1 Å². The SMILES string of the molecule is Cc1nn(C)c(CC(N)c2ccnc3ccccc23)c1Cl. The lowest BCUT2D eigenvalue weighted by molar-refractivity contribution is 0.642. The third kappa shape index (κ3) is 2.52. The van der Waals surface area contributed by atoms with Gasteiger partial charge in [-0.1, -0.05) is 29.8 Å². The summed E-state index contributed by atoms with van der Waals surface area (Å²) in [6.07, 6.45) is 2.44. The van der Waals surface area contributed by atoms with E-state index in [1.54, 1.807) is 10.9 Å². The number of aryl methyl sites for hydroxylation is 2. The van der Waals surface area contributed by atoms with E-state index in [9.17, 15) is 0 Å². The number of hydrogen-bond acceptors (Lipinski definition) is 3. The molecule has 0 saturated carbocycles. The molecule has 2 heterocycles. The molecule has 5 heteroatoms. The topological polar surface area (TPSA) is 56.7 Å². The van der Waals surface area contributed by atoms with E-state index < -0.39 is 0 Å². The molecule has 4 nitrogen and oxygen atoms in total. The summed E-state index contributed by atoms with van der Waals surface area (Å²) < 4.78 is 1.81. The first-order chi connectivity index (χ1) is 10.1. The minimum absolute atomic E-state index is 0.148. The van der Waals surface area contributed by atoms with Crippen molar-refractivity contribution >= 4 is 22.5 Å². The fourth-order valence-electron chi connectivity index (χ4n) is 2.66. The van der Waals surface area contributed by atoms with Gasteiger partial charge in [0.25, 0.3) is 0 Å². The van der Waals surface area contributed by atoms with Gasteiger partial charge in [-0.15, -0.1) is 0 Å². The van der Waals surface area contributed by atoms with Crippen molar-refractivity contribution in [1.82, 2.24) is 14.8 Å². The quantitative estimate of drug-likeness (QED) is 0.808. The van der Waals surface area contributed by atoms with Crippen molar-refractivity contribution in [1.29, 1.82) is 0 Å². The van der Waals surface area contributed by atoms with Gasteiger partial charge < -0.3 is 5.73 Å². The first-order valence-electron chi connectivity index (χ1n) is 6.85. The number of aromatic nitrogens is 3. The Labute approximate surface area is 128 Å². The minimum Gasteiger partial charge on any atom is -0.324 e. The van der Waals surface area contributed by atoms with Gasteiger partial charge in [-0.3, -0.25) is 9.67 Å². The highest BCUT2D eigenvalue weighted by Crippen LogP contribution is 2.27. The Hall–Kier alpha value is -1.91. The molecule has 0 spiro atoms. The first kappa shape index (κ1) is 14.0. The van der Waals surface area contributed by atoms with E-state index in [0.29, 0.717) is 11.4 Å². The zero-order chi connectivity index (χ0) is 15.0. The van der Waals surface area contributed by atoms with E-state index in [4.69, 9.17) is 17.3 Å². The second-order valence-electron chi connectivity index (χ2n) is 5.20. The zero-order valence-electron chi connectivity index (χ0n) is 12.0. The summed E-state index contributed by atoms with van der Waals surface area (Å²) in [7, 11) is 1.89. The number of fused-ring (bicyclic) bond motifs is 1. The number of pyridine rings is 1. The molecule has 0 aliphatic carbocycles. The van der Waals surface area contributed by atoms with Crippen LogP contribution in [-0.4, -0.2) is 14.8 Å². The van der Waals surface area contributed by atoms with Gasteiger partial charge in [0.1, 0.15) is 0 Å². The van der Waals surface area contributed by atoms with Crippen molar-refractivity contribution in [2.75, 3.05) is 0 Å². The molecule has 2 N–H and O–H groups in total. The van der Waals surface area contributed by atoms with Crippen molar-refractivity contribution in [3.8, 4) is 0 Å². The number of nitrogens with two attached hydrogens (primary N) is 1. The predicted octanol–water partition coefficient (Wildman–Crippen LogP) is 3.17. The highest BCUT2D eigenvalue weighted by molar-refractivity contribution is 6.31. The lowest BCUT2D eigenvalue weighted by Crippen LogP contribution is -2.16. The average molecular weight is 301 g/mol. The van der Waals surface area contributed by atoms with Crippen LogP contribution >= 0.6 is 11.6 Å². The largest absolute Gasteiger partial charge is 0.324 e. The maximum Gasteiger partial charge on any atom is 0.0847 e. The Morgan fingerprint density at radius 2 is 2.05 bits per heavy atom. The molecule has 0 aliphatic rings. The van der Waals surface area contributed by atoms with Crippen molar-refractivity contribution < 1.29 is 0 Å². The summed E-state index contributed by atoms with van der Waals surface area (Å²) in [5.41, 5.74) is 10.2. The summed E-state index contributed by atoms with van der Waals surface area (Å²) >= 11 is 6.31. The summed E-state index contributed by atoms with van der Waals surface area (Å²) in [5.74, 6) is 0. The third-order valence-electron chi connectivity index (χ3n) is 3.76. The number of benzene rings is 1. The molecular weight excluding hydrogens is 284 g/mol. The highest BCUT2D eigenvalue weighted by Gasteiger charge is 2.17. The van der Waals surface area contributed by atoms with Crippen LogP contribution < -0.4 is 5.73 Å². The van der Waals surface area contributed by atoms with Crippen LogP contribution in [0.15, 0.2) is 36.5 Å². The van der Waals surface area contributed by atoms with Crippen molar-refractivity contribution in [2.45, 2.75) is 19.4 Å². The van der Waals surface area contributed by atoms with Gasteiger partial charge >= 0.3 is 0 Å². The maximum absolute atomic E-state index is 6.41. The van der Waals surface area contributed by atoms with Crippen molar-refractivity contribution in [2.24, 2.45) is 12.8 Å². The summed E-state index contributed by atoms with van der Waals surface area (Å²) in [4.78, 5) is 4.37. The van der Waals surface area contributed by atoms with E-state index >= 15 is 0 Å². The average Bonchev–Trinajstić information content (AvgIpc) is 2.73. The molecule has 0 saturated heterocycles. The maximum atomic E-state index is 6.41. The van der Waals surface area contributed by atoms with Crippen LogP contribution in [-0.2, 0) is 13.5 Å². The number of rotatable bonds is 3. The third-order valence-corrected chi connectivity index (χ3v) is 4.25. The van der Waals surface area contributed by atoms with E-state index in [1.165, 1.54) is 0 Å². The zero-order valence-corrected chi connectivity index (χ0v) is 12.8. The van der Waals surface area contributed by atoms with Crippen LogP contribution in [0.2, 0.25) is 5.02 Å². The summed E-state index contributed by atoms with van der Waals surface area (Å²) in [6, 6.07) is 9.85. The number of hydrogen-bond donors (Lipinski definition) is 1. The number of nitrogens with zero attached hydrogens (tertiary/aromatic N) is 3. The molecule has 0 fully saturated rings. The van der Waals surface area contributed by atoms with Crippen LogP contribution in [0.5, 0.6) is 0 Å². The van der Waals surface area contributed by atoms with Gasteiger partial charge in [0, 0.05) is 31.1 Å². The fourth-order valence-corrected chi connectivity index (χ4v) is 2.90. The summed E-state index contributed by atoms with van der Waals surface area (Å²) in [6.45, 7) is 1.90. The van der Waals surface area contributed by atoms with Gasteiger partial charge in [0.05, 0.1) is 21.9 Å². The molecule has 1 atom stereocenters. The predicted molar refractivity (Wildman–Crippen MR) is 85.3 cm³/mol. The van der Waals surface area contributed by atoms with Crippen LogP contribution in [0, 0.1) is 6.92 Å². The standard InChI is InChI=1S/C16H17ClN4/c1-10-16(17)15(21(2)20-10)9-13(18)11-7-8-19-14-6-4-3-5-12(11)14/h3-8,13H,9,18H2,1-2H3. The van der Waals surface area contributed by atoms with Crippen LogP contribution in [0.1, 0.15) is 23.0 Å². The molecule has 0 amide bonds. The normalized spacial score (nSPS) is 12.8. The molecule has 0 radical (unpaired) electrons. The minimum atomic E-state index is -0.148. The molecule has 3 rings (SSSR count). The Bertz CT molecular complexity index is 789. The molecule has 1 unspecified atom stereocenters. The molecule has 0 bridgehead atoms. The van der Waals surface area contributed by atoms with Crippen molar-refractivity contribution in [3.05, 3.63) is 58.5 Å². The highest BCUT2D eigenvalue weighted by atomic mass is 35.5. The second-order valence-corrected chi connectivity index (χ2v) is 5.58. The Balaban J connectivity index is 1.99. The second kappa shape index (κ2) is 5.47. The Kier molecular flexibility index (Phi) is 3.66. The molecular formula is C16H17ClN4. The van der Waals surface area contributed by atoms with Gasteiger partial charge in [-0.2, -0.15) is 5.10 Å². The monoisotopic (exact) mass is 300 g/mol. The Morgan fingerprint density at radius 3 is 2.76 bits per heavy atom. The molecule has 108 valence electrons. The first-order valence-corrected chi connectivity index (χ1v) is 7.23. The smallest absolute Gasteiger partial charge is 0.0847 e. The number of para-hydroxylation sites is 1. The van der Waals surface area contributed by atoms with E-state index in [0.717, 1.165) is 27.9 Å². The molecule has 0 aliphatic heterocycles. The van der Waals surface area contributed by atoms with Gasteiger partial charge in [0.15, 0.2) is 0 Å². The van der Waals surface area contributed by atoms with Crippen LogP contribution in [0.3, 0.4) is 0 Å². The fraction of sp³-hybridized carbons (Fsp3) is 0.250. The molecule has 1 aromatic carbocycles. The van der Waals surface area contributed by atoms with Crippen LogP contribution in [0.4, 0.5) is 0 Å². The molecule has 2 aromatic heterocycles. The lowest BCUT2D eigenvalue weighted by Gasteiger charge is -2.15. The van der Waals surface area contributed by atoms with Gasteiger partial charge in [-0.25, -0.2) is 0 Å². The van der Waals surface area contributed by atoms with Crippen LogP contribution in [0.25, 0.3) is 10.9 Å². The Morgan fingerprint density at radius 1 is 1.29 bits per heavy atom. The lowest BCUT2D eigenvalue weighted by atomic mass is 9.99.